The van der Waals surface area contributed by atoms with Crippen molar-refractivity contribution in [2.24, 2.45) is 5.73 Å². The number of ether oxygens (including phenoxy) is 1. The molecule has 0 saturated heterocycles. The van der Waals surface area contributed by atoms with Crippen LogP contribution >= 0.6 is 0 Å². The van der Waals surface area contributed by atoms with Gasteiger partial charge in [-0.15, -0.1) is 0 Å². The number of fused-ring (bicyclic) bond motifs is 3. The van der Waals surface area contributed by atoms with Gasteiger partial charge in [0.15, 0.2) is 0 Å². The molecule has 37 heavy (non-hydrogen) atoms. The SMILES string of the molecule is CCO[C@H](C(N)=O)C(=O)N(CC(F)(F)C(F)(F)F)[C@@H]1C(=O)N(CCO)c2ccccc2-c2ccccc21. The van der Waals surface area contributed by atoms with Crippen molar-refractivity contribution in [3.8, 4) is 11.1 Å². The first-order chi connectivity index (χ1) is 17.4. The van der Waals surface area contributed by atoms with Crippen LogP contribution in [0.5, 0.6) is 0 Å². The van der Waals surface area contributed by atoms with Crippen molar-refractivity contribution in [2.75, 3.05) is 31.2 Å². The number of aliphatic hydroxyl groups is 1. The van der Waals surface area contributed by atoms with Crippen molar-refractivity contribution in [3.05, 3.63) is 54.1 Å². The number of nitrogens with zero attached hydrogens (tertiary/aromatic N) is 2. The van der Waals surface area contributed by atoms with Crippen molar-refractivity contribution in [3.63, 3.8) is 0 Å². The van der Waals surface area contributed by atoms with Crippen molar-refractivity contribution in [1.82, 2.24) is 4.90 Å². The van der Waals surface area contributed by atoms with Crippen LogP contribution < -0.4 is 10.6 Å². The molecule has 0 fully saturated rings. The number of rotatable bonds is 9. The van der Waals surface area contributed by atoms with Gasteiger partial charge in [-0.05, 0) is 24.1 Å². The smallest absolute Gasteiger partial charge is 0.395 e. The molecule has 0 spiro atoms. The number of hydrogen-bond acceptors (Lipinski definition) is 5. The Morgan fingerprint density at radius 2 is 1.68 bits per heavy atom. The highest BCUT2D eigenvalue weighted by atomic mass is 19.4. The third-order valence-electron chi connectivity index (χ3n) is 5.76. The number of hydrogen-bond donors (Lipinski definition) is 2. The van der Waals surface area contributed by atoms with Crippen molar-refractivity contribution < 1.29 is 46.2 Å². The fraction of sp³-hybridized carbons (Fsp3) is 0.375. The van der Waals surface area contributed by atoms with E-state index in [-0.39, 0.29) is 34.9 Å². The van der Waals surface area contributed by atoms with Crippen LogP contribution in [0.1, 0.15) is 18.5 Å². The molecule has 0 bridgehead atoms. The first kappa shape index (κ1) is 28.0. The zero-order valence-electron chi connectivity index (χ0n) is 19.5. The second kappa shape index (κ2) is 10.8. The number of β-amino-alcohol motifs (C(OH)–C–C–N with tert-alkyl or cyclic N) is 1. The zero-order chi connectivity index (χ0) is 27.5. The van der Waals surface area contributed by atoms with Gasteiger partial charge in [0.05, 0.1) is 18.8 Å². The summed E-state index contributed by atoms with van der Waals surface area (Å²) >= 11 is 0. The number of carbonyl (C=O) groups is 3. The van der Waals surface area contributed by atoms with Gasteiger partial charge in [0.2, 0.25) is 6.10 Å². The number of para-hydroxylation sites is 1. The summed E-state index contributed by atoms with van der Waals surface area (Å²) in [5.74, 6) is -9.61. The normalized spacial score (nSPS) is 16.5. The molecule has 0 radical (unpaired) electrons. The van der Waals surface area contributed by atoms with E-state index in [9.17, 15) is 41.4 Å². The van der Waals surface area contributed by atoms with E-state index in [1.54, 1.807) is 24.3 Å². The molecule has 2 aromatic carbocycles. The van der Waals surface area contributed by atoms with Gasteiger partial charge in [-0.1, -0.05) is 42.5 Å². The van der Waals surface area contributed by atoms with Crippen LogP contribution in [0.4, 0.5) is 27.6 Å². The maximum absolute atomic E-state index is 14.4. The monoisotopic (exact) mass is 529 g/mol. The number of anilines is 1. The van der Waals surface area contributed by atoms with Crippen molar-refractivity contribution >= 4 is 23.4 Å². The zero-order valence-corrected chi connectivity index (χ0v) is 19.5. The number of halogens is 5. The Bertz CT molecular complexity index is 1170. The quantitative estimate of drug-likeness (QED) is 0.383. The lowest BCUT2D eigenvalue weighted by Gasteiger charge is -2.37. The summed E-state index contributed by atoms with van der Waals surface area (Å²) in [6.45, 7) is -2.19. The molecule has 0 aliphatic carbocycles. The van der Waals surface area contributed by atoms with E-state index in [1.165, 1.54) is 31.2 Å². The minimum absolute atomic E-state index is 0.0179. The Hall–Kier alpha value is -3.58. The predicted octanol–water partition coefficient (Wildman–Crippen LogP) is 2.65. The first-order valence-electron chi connectivity index (χ1n) is 11.1. The second-order valence-corrected chi connectivity index (χ2v) is 8.13. The third-order valence-corrected chi connectivity index (χ3v) is 5.76. The van der Waals surface area contributed by atoms with Gasteiger partial charge in [-0.2, -0.15) is 22.0 Å². The number of amides is 3. The molecule has 2 aromatic rings. The van der Waals surface area contributed by atoms with Crippen molar-refractivity contribution in [2.45, 2.75) is 31.2 Å². The standard InChI is InChI=1S/C24H24F5N3O5/c1-2-37-19(20(30)34)22(36)32(13-23(25,26)24(27,28)29)18-16-9-4-3-7-14(16)15-8-5-6-10-17(15)31(11-12-33)21(18)35/h3-10,18-19,33H,2,11-13H2,1H3,(H2,30,34)/t18-,19+/m0/s1. The maximum Gasteiger partial charge on any atom is 0.455 e. The minimum Gasteiger partial charge on any atom is -0.395 e. The lowest BCUT2D eigenvalue weighted by atomic mass is 9.94. The number of alkyl halides is 5. The Labute approximate surface area is 208 Å². The summed E-state index contributed by atoms with van der Waals surface area (Å²) in [6, 6.07) is 10.0. The molecule has 1 heterocycles. The fourth-order valence-electron chi connectivity index (χ4n) is 4.14. The van der Waals surface area contributed by atoms with Crippen LogP contribution in [0.3, 0.4) is 0 Å². The van der Waals surface area contributed by atoms with Crippen LogP contribution in [0.2, 0.25) is 0 Å². The Kier molecular flexibility index (Phi) is 8.18. The van der Waals surface area contributed by atoms with E-state index in [0.29, 0.717) is 5.56 Å². The summed E-state index contributed by atoms with van der Waals surface area (Å²) in [5, 5.41) is 9.60. The second-order valence-electron chi connectivity index (χ2n) is 8.13. The molecule has 0 unspecified atom stereocenters. The molecule has 2 atom stereocenters. The van der Waals surface area contributed by atoms with Crippen LogP contribution in [0.25, 0.3) is 11.1 Å². The number of nitrogens with two attached hydrogens (primary N) is 1. The van der Waals surface area contributed by atoms with E-state index >= 15 is 0 Å². The van der Waals surface area contributed by atoms with Crippen LogP contribution in [0, 0.1) is 0 Å². The summed E-state index contributed by atoms with van der Waals surface area (Å²) < 4.78 is 73.6. The molecule has 13 heteroatoms. The Morgan fingerprint density at radius 1 is 1.08 bits per heavy atom. The predicted molar refractivity (Wildman–Crippen MR) is 121 cm³/mol. The molecule has 1 aliphatic rings. The van der Waals surface area contributed by atoms with E-state index < -0.39 is 55.1 Å². The summed E-state index contributed by atoms with van der Waals surface area (Å²) in [5.41, 5.74) is 6.06. The highest BCUT2D eigenvalue weighted by molar-refractivity contribution is 6.09. The average molecular weight is 529 g/mol. The number of carbonyl (C=O) groups excluding carboxylic acids is 3. The molecule has 3 rings (SSSR count). The molecule has 0 aromatic heterocycles. The lowest BCUT2D eigenvalue weighted by Crippen LogP contribution is -2.57. The van der Waals surface area contributed by atoms with Gasteiger partial charge in [-0.3, -0.25) is 14.4 Å². The Balaban J connectivity index is 2.30. The Morgan fingerprint density at radius 3 is 2.24 bits per heavy atom. The lowest BCUT2D eigenvalue weighted by molar-refractivity contribution is -0.286. The number of primary amides is 1. The number of benzene rings is 2. The molecule has 200 valence electrons. The number of aliphatic hydroxyl groups excluding tert-OH is 1. The molecular formula is C24H24F5N3O5. The van der Waals surface area contributed by atoms with Gasteiger partial charge in [0.25, 0.3) is 17.7 Å². The first-order valence-corrected chi connectivity index (χ1v) is 11.1. The van der Waals surface area contributed by atoms with Crippen molar-refractivity contribution in [1.29, 1.82) is 0 Å². The molecule has 3 amide bonds. The molecule has 8 nitrogen and oxygen atoms in total. The van der Waals surface area contributed by atoms with Crippen LogP contribution in [-0.4, -0.2) is 72.2 Å². The van der Waals surface area contributed by atoms with Gasteiger partial charge in [0, 0.05) is 18.7 Å². The summed E-state index contributed by atoms with van der Waals surface area (Å²) in [6.07, 6.45) is -8.31. The minimum atomic E-state index is -6.08. The van der Waals surface area contributed by atoms with Crippen LogP contribution in [-0.2, 0) is 19.1 Å². The van der Waals surface area contributed by atoms with E-state index in [0.717, 1.165) is 4.90 Å². The van der Waals surface area contributed by atoms with Gasteiger partial charge < -0.3 is 25.4 Å². The van der Waals surface area contributed by atoms with Crippen LogP contribution in [0.15, 0.2) is 48.5 Å². The van der Waals surface area contributed by atoms with E-state index in [4.69, 9.17) is 10.5 Å². The van der Waals surface area contributed by atoms with E-state index in [1.807, 2.05) is 0 Å². The third kappa shape index (κ3) is 5.42. The average Bonchev–Trinajstić information content (AvgIpc) is 2.93. The summed E-state index contributed by atoms with van der Waals surface area (Å²) in [4.78, 5) is 40.1. The molecular weight excluding hydrogens is 505 g/mol. The van der Waals surface area contributed by atoms with E-state index in [2.05, 4.69) is 0 Å². The maximum atomic E-state index is 14.4. The molecule has 0 saturated carbocycles. The fourth-order valence-corrected chi connectivity index (χ4v) is 4.14. The highest BCUT2D eigenvalue weighted by Crippen LogP contribution is 2.44. The summed E-state index contributed by atoms with van der Waals surface area (Å²) in [7, 11) is 0. The van der Waals surface area contributed by atoms with Gasteiger partial charge >= 0.3 is 12.1 Å². The van der Waals surface area contributed by atoms with Gasteiger partial charge in [-0.25, -0.2) is 0 Å². The molecule has 3 N–H and O–H groups in total. The topological polar surface area (TPSA) is 113 Å². The molecule has 1 aliphatic heterocycles. The van der Waals surface area contributed by atoms with Gasteiger partial charge in [0.1, 0.15) is 6.04 Å². The largest absolute Gasteiger partial charge is 0.455 e. The highest BCUT2D eigenvalue weighted by Gasteiger charge is 2.60.